The Hall–Kier alpha value is -1.07. The third kappa shape index (κ3) is 4.31. The first kappa shape index (κ1) is 15.0. The molecule has 5 heteroatoms. The molecule has 0 fully saturated rings. The molecule has 100 valence electrons. The van der Waals surface area contributed by atoms with Crippen LogP contribution in [0, 0.1) is 0 Å². The van der Waals surface area contributed by atoms with Gasteiger partial charge in [0.2, 0.25) is 5.91 Å². The van der Waals surface area contributed by atoms with E-state index in [1.54, 1.807) is 14.0 Å². The quantitative estimate of drug-likeness (QED) is 0.877. The highest BCUT2D eigenvalue weighted by molar-refractivity contribution is 9.10. The molecule has 4 nitrogen and oxygen atoms in total. The van der Waals surface area contributed by atoms with Crippen LogP contribution in [0.15, 0.2) is 22.7 Å². The Morgan fingerprint density at radius 2 is 2.22 bits per heavy atom. The van der Waals surface area contributed by atoms with E-state index in [2.05, 4.69) is 21.2 Å². The number of benzene rings is 1. The Kier molecular flexibility index (Phi) is 6.15. The van der Waals surface area contributed by atoms with Crippen LogP contribution in [0.5, 0.6) is 5.75 Å². The molecular formula is C13H18BrNO3. The van der Waals surface area contributed by atoms with Crippen molar-refractivity contribution in [3.8, 4) is 5.75 Å². The zero-order chi connectivity index (χ0) is 13.5. The van der Waals surface area contributed by atoms with Crippen molar-refractivity contribution in [1.82, 2.24) is 5.32 Å². The molecule has 0 unspecified atom stereocenters. The molecule has 0 heterocycles. The van der Waals surface area contributed by atoms with Crippen molar-refractivity contribution in [3.63, 3.8) is 0 Å². The standard InChI is InChI=1S/C13H18BrNO3/c1-4-18-9(2)13(16)15-8-10-7-11(14)5-6-12(10)17-3/h5-7,9H,4,8H2,1-3H3,(H,15,16)/t9-/m0/s1. The normalized spacial score (nSPS) is 12.0. The minimum absolute atomic E-state index is 0.126. The van der Waals surface area contributed by atoms with Crippen molar-refractivity contribution >= 4 is 21.8 Å². The van der Waals surface area contributed by atoms with Crippen LogP contribution >= 0.6 is 15.9 Å². The second-order valence-electron chi connectivity index (χ2n) is 3.77. The molecule has 0 aliphatic heterocycles. The monoisotopic (exact) mass is 315 g/mol. The minimum Gasteiger partial charge on any atom is -0.496 e. The molecule has 1 aromatic rings. The van der Waals surface area contributed by atoms with Crippen LogP contribution in [-0.4, -0.2) is 25.7 Å². The molecule has 1 amide bonds. The van der Waals surface area contributed by atoms with Gasteiger partial charge in [0.1, 0.15) is 11.9 Å². The predicted molar refractivity (Wildman–Crippen MR) is 73.6 cm³/mol. The second-order valence-corrected chi connectivity index (χ2v) is 4.69. The fraction of sp³-hybridized carbons (Fsp3) is 0.462. The molecule has 1 rings (SSSR count). The fourth-order valence-electron chi connectivity index (χ4n) is 1.54. The topological polar surface area (TPSA) is 47.6 Å². The van der Waals surface area contributed by atoms with Crippen LogP contribution in [-0.2, 0) is 16.1 Å². The Morgan fingerprint density at radius 1 is 1.50 bits per heavy atom. The van der Waals surface area contributed by atoms with Crippen molar-refractivity contribution in [1.29, 1.82) is 0 Å². The van der Waals surface area contributed by atoms with Crippen LogP contribution in [0.4, 0.5) is 0 Å². The number of rotatable bonds is 6. The Bertz CT molecular complexity index is 409. The van der Waals surface area contributed by atoms with E-state index in [1.807, 2.05) is 25.1 Å². The van der Waals surface area contributed by atoms with E-state index >= 15 is 0 Å². The van der Waals surface area contributed by atoms with Gasteiger partial charge in [0, 0.05) is 23.2 Å². The van der Waals surface area contributed by atoms with Crippen molar-refractivity contribution in [3.05, 3.63) is 28.2 Å². The molecule has 1 aromatic carbocycles. The third-order valence-electron chi connectivity index (χ3n) is 2.48. The zero-order valence-electron chi connectivity index (χ0n) is 10.8. The van der Waals surface area contributed by atoms with Gasteiger partial charge in [-0.3, -0.25) is 4.79 Å². The predicted octanol–water partition coefficient (Wildman–Crippen LogP) is 2.50. The Morgan fingerprint density at radius 3 is 2.83 bits per heavy atom. The largest absolute Gasteiger partial charge is 0.496 e. The van der Waals surface area contributed by atoms with Crippen molar-refractivity contribution < 1.29 is 14.3 Å². The summed E-state index contributed by atoms with van der Waals surface area (Å²) in [6, 6.07) is 5.68. The molecule has 0 aliphatic rings. The van der Waals surface area contributed by atoms with Gasteiger partial charge in [-0.05, 0) is 32.0 Å². The van der Waals surface area contributed by atoms with Crippen molar-refractivity contribution in [2.24, 2.45) is 0 Å². The number of methoxy groups -OCH3 is 1. The summed E-state index contributed by atoms with van der Waals surface area (Å²) in [4.78, 5) is 11.7. The lowest BCUT2D eigenvalue weighted by Crippen LogP contribution is -2.34. The van der Waals surface area contributed by atoms with E-state index in [9.17, 15) is 4.79 Å². The molecule has 0 spiro atoms. The second kappa shape index (κ2) is 7.38. The number of halogens is 1. The van der Waals surface area contributed by atoms with Crippen molar-refractivity contribution in [2.75, 3.05) is 13.7 Å². The molecule has 0 saturated heterocycles. The fourth-order valence-corrected chi connectivity index (χ4v) is 1.95. The first-order chi connectivity index (χ1) is 8.58. The van der Waals surface area contributed by atoms with Gasteiger partial charge in [0.25, 0.3) is 0 Å². The number of carbonyl (C=O) groups excluding carboxylic acids is 1. The van der Waals surface area contributed by atoms with E-state index < -0.39 is 6.10 Å². The van der Waals surface area contributed by atoms with Gasteiger partial charge in [-0.2, -0.15) is 0 Å². The van der Waals surface area contributed by atoms with Crippen LogP contribution in [0.25, 0.3) is 0 Å². The van der Waals surface area contributed by atoms with Gasteiger partial charge in [-0.1, -0.05) is 15.9 Å². The highest BCUT2D eigenvalue weighted by atomic mass is 79.9. The van der Waals surface area contributed by atoms with E-state index in [1.165, 1.54) is 0 Å². The molecule has 0 saturated carbocycles. The van der Waals surface area contributed by atoms with Crippen LogP contribution in [0.1, 0.15) is 19.4 Å². The lowest BCUT2D eigenvalue weighted by atomic mass is 10.2. The molecule has 0 aromatic heterocycles. The maximum atomic E-state index is 11.7. The summed E-state index contributed by atoms with van der Waals surface area (Å²) in [5, 5.41) is 2.82. The van der Waals surface area contributed by atoms with E-state index in [0.717, 1.165) is 15.8 Å². The third-order valence-corrected chi connectivity index (χ3v) is 2.97. The maximum Gasteiger partial charge on any atom is 0.249 e. The zero-order valence-corrected chi connectivity index (χ0v) is 12.4. The number of ether oxygens (including phenoxy) is 2. The summed E-state index contributed by atoms with van der Waals surface area (Å²) < 4.78 is 11.4. The first-order valence-electron chi connectivity index (χ1n) is 5.80. The van der Waals surface area contributed by atoms with Crippen LogP contribution < -0.4 is 10.1 Å². The van der Waals surface area contributed by atoms with E-state index in [0.29, 0.717) is 13.2 Å². The van der Waals surface area contributed by atoms with Gasteiger partial charge < -0.3 is 14.8 Å². The van der Waals surface area contributed by atoms with Gasteiger partial charge >= 0.3 is 0 Å². The lowest BCUT2D eigenvalue weighted by Gasteiger charge is -2.13. The molecule has 0 bridgehead atoms. The summed E-state index contributed by atoms with van der Waals surface area (Å²) in [6.45, 7) is 4.53. The summed E-state index contributed by atoms with van der Waals surface area (Å²) in [7, 11) is 1.61. The number of carbonyl (C=O) groups is 1. The van der Waals surface area contributed by atoms with Crippen LogP contribution in [0.3, 0.4) is 0 Å². The van der Waals surface area contributed by atoms with Gasteiger partial charge in [0.05, 0.1) is 7.11 Å². The average Bonchev–Trinajstić information content (AvgIpc) is 2.36. The lowest BCUT2D eigenvalue weighted by molar-refractivity contribution is -0.131. The highest BCUT2D eigenvalue weighted by Crippen LogP contribution is 2.22. The highest BCUT2D eigenvalue weighted by Gasteiger charge is 2.13. The molecule has 0 aliphatic carbocycles. The summed E-state index contributed by atoms with van der Waals surface area (Å²) in [5.41, 5.74) is 0.920. The van der Waals surface area contributed by atoms with Gasteiger partial charge in [0.15, 0.2) is 0 Å². The molecule has 0 radical (unpaired) electrons. The Labute approximate surface area is 116 Å². The van der Waals surface area contributed by atoms with Gasteiger partial charge in [-0.15, -0.1) is 0 Å². The average molecular weight is 316 g/mol. The number of hydrogen-bond acceptors (Lipinski definition) is 3. The molecule has 18 heavy (non-hydrogen) atoms. The summed E-state index contributed by atoms with van der Waals surface area (Å²) in [5.74, 6) is 0.626. The van der Waals surface area contributed by atoms with Crippen LogP contribution in [0.2, 0.25) is 0 Å². The smallest absolute Gasteiger partial charge is 0.249 e. The minimum atomic E-state index is -0.437. The number of nitrogens with one attached hydrogen (secondary N) is 1. The maximum absolute atomic E-state index is 11.7. The number of hydrogen-bond donors (Lipinski definition) is 1. The molecule has 1 N–H and O–H groups in total. The van der Waals surface area contributed by atoms with Gasteiger partial charge in [-0.25, -0.2) is 0 Å². The molecular weight excluding hydrogens is 298 g/mol. The van der Waals surface area contributed by atoms with E-state index in [-0.39, 0.29) is 5.91 Å². The summed E-state index contributed by atoms with van der Waals surface area (Å²) >= 11 is 3.39. The first-order valence-corrected chi connectivity index (χ1v) is 6.59. The summed E-state index contributed by atoms with van der Waals surface area (Å²) in [6.07, 6.45) is -0.437. The SMILES string of the molecule is CCO[C@@H](C)C(=O)NCc1cc(Br)ccc1OC. The number of amides is 1. The Balaban J connectivity index is 2.62. The molecule has 1 atom stereocenters. The van der Waals surface area contributed by atoms with Crippen molar-refractivity contribution in [2.45, 2.75) is 26.5 Å². The van der Waals surface area contributed by atoms with E-state index in [4.69, 9.17) is 9.47 Å².